The molecule has 0 aliphatic carbocycles. The highest BCUT2D eigenvalue weighted by Crippen LogP contribution is 2.26. The van der Waals surface area contributed by atoms with E-state index in [1.54, 1.807) is 12.1 Å². The Morgan fingerprint density at radius 3 is 2.44 bits per heavy atom. The van der Waals surface area contributed by atoms with Gasteiger partial charge >= 0.3 is 0 Å². The summed E-state index contributed by atoms with van der Waals surface area (Å²) < 4.78 is 13.8. The molecule has 78 valence electrons. The van der Waals surface area contributed by atoms with Crippen LogP contribution in [0.1, 0.15) is 11.1 Å². The lowest BCUT2D eigenvalue weighted by molar-refractivity contribution is 0.631. The predicted molar refractivity (Wildman–Crippen MR) is 64.5 cm³/mol. The van der Waals surface area contributed by atoms with E-state index < -0.39 is 0 Å². The molecule has 0 aliphatic heterocycles. The quantitative estimate of drug-likeness (QED) is 0.628. The monoisotopic (exact) mass is 210 g/mol. The van der Waals surface area contributed by atoms with E-state index in [9.17, 15) is 4.39 Å². The van der Waals surface area contributed by atoms with Crippen LogP contribution in [0.25, 0.3) is 11.1 Å². The third kappa shape index (κ3) is 1.83. The Hall–Kier alpha value is -2.07. The maximum absolute atomic E-state index is 13.8. The van der Waals surface area contributed by atoms with Gasteiger partial charge in [0.25, 0.3) is 0 Å². The van der Waals surface area contributed by atoms with Gasteiger partial charge in [0, 0.05) is 11.1 Å². The molecule has 0 unspecified atom stereocenters. The number of terminal acetylenes is 1. The summed E-state index contributed by atoms with van der Waals surface area (Å²) in [5, 5.41) is 0. The standard InChI is InChI=1S/C15H11F/c1-3-12-8-9-14(15(16)10-12)13-7-5-4-6-11(13)2/h1,4-10H,2H3. The number of halogens is 1. The highest BCUT2D eigenvalue weighted by atomic mass is 19.1. The normalized spacial score (nSPS) is 9.81. The van der Waals surface area contributed by atoms with E-state index in [-0.39, 0.29) is 5.82 Å². The Labute approximate surface area is 94.7 Å². The van der Waals surface area contributed by atoms with E-state index in [1.807, 2.05) is 31.2 Å². The average molecular weight is 210 g/mol. The Balaban J connectivity index is 2.58. The SMILES string of the molecule is C#Cc1ccc(-c2ccccc2C)c(F)c1. The van der Waals surface area contributed by atoms with E-state index in [0.717, 1.165) is 11.1 Å². The molecular formula is C15H11F. The van der Waals surface area contributed by atoms with Crippen LogP contribution in [-0.2, 0) is 0 Å². The van der Waals surface area contributed by atoms with Crippen molar-refractivity contribution in [2.75, 3.05) is 0 Å². The zero-order valence-corrected chi connectivity index (χ0v) is 9.00. The molecule has 0 fully saturated rings. The van der Waals surface area contributed by atoms with Gasteiger partial charge in [0.1, 0.15) is 5.82 Å². The van der Waals surface area contributed by atoms with Crippen molar-refractivity contribution in [1.82, 2.24) is 0 Å². The summed E-state index contributed by atoms with van der Waals surface area (Å²) in [4.78, 5) is 0. The zero-order chi connectivity index (χ0) is 11.5. The topological polar surface area (TPSA) is 0 Å². The minimum absolute atomic E-state index is 0.273. The Morgan fingerprint density at radius 2 is 1.81 bits per heavy atom. The van der Waals surface area contributed by atoms with Crippen molar-refractivity contribution in [3.05, 3.63) is 59.4 Å². The van der Waals surface area contributed by atoms with E-state index in [2.05, 4.69) is 5.92 Å². The van der Waals surface area contributed by atoms with Gasteiger partial charge in [0.2, 0.25) is 0 Å². The second-order valence-electron chi connectivity index (χ2n) is 3.65. The molecule has 0 bridgehead atoms. The smallest absolute Gasteiger partial charge is 0.132 e. The van der Waals surface area contributed by atoms with Gasteiger partial charge in [0.05, 0.1) is 0 Å². The van der Waals surface area contributed by atoms with E-state index >= 15 is 0 Å². The second-order valence-corrected chi connectivity index (χ2v) is 3.65. The fraction of sp³-hybridized carbons (Fsp3) is 0.0667. The second kappa shape index (κ2) is 4.20. The van der Waals surface area contributed by atoms with Crippen molar-refractivity contribution in [3.63, 3.8) is 0 Å². The molecule has 2 aromatic carbocycles. The van der Waals surface area contributed by atoms with E-state index in [4.69, 9.17) is 6.42 Å². The van der Waals surface area contributed by atoms with Crippen molar-refractivity contribution < 1.29 is 4.39 Å². The first-order valence-electron chi connectivity index (χ1n) is 5.04. The minimum atomic E-state index is -0.273. The van der Waals surface area contributed by atoms with Crippen LogP contribution in [0.15, 0.2) is 42.5 Å². The molecule has 2 aromatic rings. The van der Waals surface area contributed by atoms with Crippen molar-refractivity contribution >= 4 is 0 Å². The van der Waals surface area contributed by atoms with Crippen LogP contribution in [-0.4, -0.2) is 0 Å². The van der Waals surface area contributed by atoms with Crippen LogP contribution in [0, 0.1) is 25.1 Å². The van der Waals surface area contributed by atoms with Crippen molar-refractivity contribution in [1.29, 1.82) is 0 Å². The number of aryl methyl sites for hydroxylation is 1. The molecule has 0 aromatic heterocycles. The molecule has 16 heavy (non-hydrogen) atoms. The molecule has 0 saturated heterocycles. The van der Waals surface area contributed by atoms with Crippen LogP contribution in [0.4, 0.5) is 4.39 Å². The molecule has 0 amide bonds. The van der Waals surface area contributed by atoms with Crippen molar-refractivity contribution in [2.24, 2.45) is 0 Å². The number of benzene rings is 2. The molecule has 0 heterocycles. The molecule has 0 spiro atoms. The number of rotatable bonds is 1. The maximum atomic E-state index is 13.8. The Bertz CT molecular complexity index is 562. The minimum Gasteiger partial charge on any atom is -0.206 e. The lowest BCUT2D eigenvalue weighted by atomic mass is 9.99. The maximum Gasteiger partial charge on any atom is 0.132 e. The van der Waals surface area contributed by atoms with E-state index in [0.29, 0.717) is 11.1 Å². The van der Waals surface area contributed by atoms with Gasteiger partial charge in [-0.3, -0.25) is 0 Å². The van der Waals surface area contributed by atoms with E-state index in [1.165, 1.54) is 6.07 Å². The first-order valence-corrected chi connectivity index (χ1v) is 5.04. The highest BCUT2D eigenvalue weighted by molar-refractivity contribution is 5.68. The van der Waals surface area contributed by atoms with Gasteiger partial charge in [-0.15, -0.1) is 6.42 Å². The van der Waals surface area contributed by atoms with Crippen LogP contribution >= 0.6 is 0 Å². The van der Waals surface area contributed by atoms with Gasteiger partial charge in [0.15, 0.2) is 0 Å². The largest absolute Gasteiger partial charge is 0.206 e. The summed E-state index contributed by atoms with van der Waals surface area (Å²) in [6.45, 7) is 1.96. The molecule has 2 rings (SSSR count). The average Bonchev–Trinajstić information content (AvgIpc) is 2.30. The van der Waals surface area contributed by atoms with Crippen LogP contribution in [0.2, 0.25) is 0 Å². The van der Waals surface area contributed by atoms with Crippen molar-refractivity contribution in [3.8, 4) is 23.5 Å². The Morgan fingerprint density at radius 1 is 1.06 bits per heavy atom. The molecule has 0 nitrogen and oxygen atoms in total. The first-order chi connectivity index (χ1) is 7.72. The number of hydrogen-bond acceptors (Lipinski definition) is 0. The highest BCUT2D eigenvalue weighted by Gasteiger charge is 2.07. The fourth-order valence-electron chi connectivity index (χ4n) is 1.70. The fourth-order valence-corrected chi connectivity index (χ4v) is 1.70. The van der Waals surface area contributed by atoms with Gasteiger partial charge in [-0.2, -0.15) is 0 Å². The summed E-state index contributed by atoms with van der Waals surface area (Å²) in [5.74, 6) is 2.15. The van der Waals surface area contributed by atoms with Gasteiger partial charge in [-0.1, -0.05) is 36.3 Å². The third-order valence-electron chi connectivity index (χ3n) is 2.57. The van der Waals surface area contributed by atoms with Gasteiger partial charge in [-0.25, -0.2) is 4.39 Å². The molecule has 0 saturated carbocycles. The molecule has 0 atom stereocenters. The predicted octanol–water partition coefficient (Wildman–Crippen LogP) is 3.78. The summed E-state index contributed by atoms with van der Waals surface area (Å²) >= 11 is 0. The van der Waals surface area contributed by atoms with Gasteiger partial charge in [-0.05, 0) is 30.2 Å². The third-order valence-corrected chi connectivity index (χ3v) is 2.57. The summed E-state index contributed by atoms with van der Waals surface area (Å²) in [6, 6.07) is 12.6. The molecular weight excluding hydrogens is 199 g/mol. The number of hydrogen-bond donors (Lipinski definition) is 0. The first kappa shape index (κ1) is 10.4. The molecule has 1 heteroatoms. The lowest BCUT2D eigenvalue weighted by Crippen LogP contribution is -1.88. The molecule has 0 aliphatic rings. The molecule has 0 radical (unpaired) electrons. The van der Waals surface area contributed by atoms with Crippen molar-refractivity contribution in [2.45, 2.75) is 6.92 Å². The molecule has 0 N–H and O–H groups in total. The Kier molecular flexibility index (Phi) is 2.74. The van der Waals surface area contributed by atoms with Crippen LogP contribution in [0.3, 0.4) is 0 Å². The summed E-state index contributed by atoms with van der Waals surface area (Å²) in [6.07, 6.45) is 5.22. The zero-order valence-electron chi connectivity index (χ0n) is 9.00. The van der Waals surface area contributed by atoms with Gasteiger partial charge < -0.3 is 0 Å². The van der Waals surface area contributed by atoms with Crippen LogP contribution in [0.5, 0.6) is 0 Å². The summed E-state index contributed by atoms with van der Waals surface area (Å²) in [5.41, 5.74) is 3.12. The van der Waals surface area contributed by atoms with Crippen LogP contribution < -0.4 is 0 Å². The lowest BCUT2D eigenvalue weighted by Gasteiger charge is -2.07. The summed E-state index contributed by atoms with van der Waals surface area (Å²) in [7, 11) is 0.